The summed E-state index contributed by atoms with van der Waals surface area (Å²) in [5.41, 5.74) is 2.24. The average Bonchev–Trinajstić information content (AvgIpc) is 2.30. The summed E-state index contributed by atoms with van der Waals surface area (Å²) in [6, 6.07) is 8.03. The van der Waals surface area contributed by atoms with Gasteiger partial charge in [-0.2, -0.15) is 5.90 Å². The zero-order valence-corrected chi connectivity index (χ0v) is 9.74. The van der Waals surface area contributed by atoms with Crippen molar-refractivity contribution in [3.63, 3.8) is 0 Å². The van der Waals surface area contributed by atoms with Crippen molar-refractivity contribution in [2.45, 2.75) is 39.0 Å². The van der Waals surface area contributed by atoms with Crippen molar-refractivity contribution in [2.24, 2.45) is 5.90 Å². The molecule has 0 bridgehead atoms. The molecule has 0 spiro atoms. The van der Waals surface area contributed by atoms with Gasteiger partial charge >= 0.3 is 5.97 Å². The first-order chi connectivity index (χ1) is 7.76. The van der Waals surface area contributed by atoms with E-state index in [1.165, 1.54) is 24.8 Å². The van der Waals surface area contributed by atoms with Crippen molar-refractivity contribution in [3.8, 4) is 0 Å². The van der Waals surface area contributed by atoms with Gasteiger partial charge in [-0.05, 0) is 24.0 Å². The predicted molar refractivity (Wildman–Crippen MR) is 63.7 cm³/mol. The maximum absolute atomic E-state index is 11.0. The first-order valence-corrected chi connectivity index (χ1v) is 5.73. The maximum atomic E-state index is 11.0. The lowest BCUT2D eigenvalue weighted by atomic mass is 10.0. The normalized spacial score (nSPS) is 10.1. The summed E-state index contributed by atoms with van der Waals surface area (Å²) in [4.78, 5) is 15.2. The van der Waals surface area contributed by atoms with Crippen LogP contribution in [0.15, 0.2) is 24.3 Å². The third-order valence-corrected chi connectivity index (χ3v) is 2.54. The van der Waals surface area contributed by atoms with Crippen LogP contribution in [-0.2, 0) is 22.5 Å². The van der Waals surface area contributed by atoms with Crippen molar-refractivity contribution < 1.29 is 9.63 Å². The SMILES string of the molecule is CCCCCc1cccc(CC(=O)ON)c1. The molecular weight excluding hydrogens is 202 g/mol. The summed E-state index contributed by atoms with van der Waals surface area (Å²) < 4.78 is 0. The van der Waals surface area contributed by atoms with E-state index in [-0.39, 0.29) is 6.42 Å². The van der Waals surface area contributed by atoms with Crippen LogP contribution in [-0.4, -0.2) is 5.97 Å². The van der Waals surface area contributed by atoms with Gasteiger partial charge < -0.3 is 4.84 Å². The van der Waals surface area contributed by atoms with E-state index in [1.54, 1.807) is 0 Å². The lowest BCUT2D eigenvalue weighted by Gasteiger charge is -2.04. The molecular formula is C13H19NO2. The lowest BCUT2D eigenvalue weighted by Crippen LogP contribution is -2.12. The minimum Gasteiger partial charge on any atom is -0.373 e. The van der Waals surface area contributed by atoms with Crippen molar-refractivity contribution in [2.75, 3.05) is 0 Å². The van der Waals surface area contributed by atoms with Crippen LogP contribution in [0.25, 0.3) is 0 Å². The summed E-state index contributed by atoms with van der Waals surface area (Å²) in [5.74, 6) is 4.41. The molecule has 3 heteroatoms. The fraction of sp³-hybridized carbons (Fsp3) is 0.462. The van der Waals surface area contributed by atoms with Crippen LogP contribution in [0.1, 0.15) is 37.3 Å². The number of carbonyl (C=O) groups excluding carboxylic acids is 1. The second kappa shape index (κ2) is 7.01. The molecule has 1 rings (SSSR count). The average molecular weight is 221 g/mol. The minimum absolute atomic E-state index is 0.248. The molecule has 0 radical (unpaired) electrons. The number of hydrogen-bond donors (Lipinski definition) is 1. The Bertz CT molecular complexity index is 336. The molecule has 0 unspecified atom stereocenters. The molecule has 88 valence electrons. The van der Waals surface area contributed by atoms with Crippen molar-refractivity contribution in [3.05, 3.63) is 35.4 Å². The first-order valence-electron chi connectivity index (χ1n) is 5.73. The van der Waals surface area contributed by atoms with Gasteiger partial charge in [-0.3, -0.25) is 4.79 Å². The minimum atomic E-state index is -0.397. The third-order valence-electron chi connectivity index (χ3n) is 2.54. The highest BCUT2D eigenvalue weighted by Gasteiger charge is 2.03. The molecule has 0 amide bonds. The van der Waals surface area contributed by atoms with E-state index in [2.05, 4.69) is 17.8 Å². The monoisotopic (exact) mass is 221 g/mol. The Kier molecular flexibility index (Phi) is 5.57. The highest BCUT2D eigenvalue weighted by atomic mass is 16.7. The van der Waals surface area contributed by atoms with Crippen LogP contribution < -0.4 is 5.90 Å². The van der Waals surface area contributed by atoms with Gasteiger partial charge in [-0.1, -0.05) is 44.0 Å². The van der Waals surface area contributed by atoms with Crippen molar-refractivity contribution in [1.82, 2.24) is 0 Å². The number of carbonyl (C=O) groups is 1. The summed E-state index contributed by atoms with van der Waals surface area (Å²) in [7, 11) is 0. The van der Waals surface area contributed by atoms with Gasteiger partial charge in [0.25, 0.3) is 0 Å². The zero-order valence-electron chi connectivity index (χ0n) is 9.74. The van der Waals surface area contributed by atoms with Crippen LogP contribution in [0.4, 0.5) is 0 Å². The van der Waals surface area contributed by atoms with Gasteiger partial charge in [-0.15, -0.1) is 0 Å². The Hall–Kier alpha value is -1.35. The molecule has 1 aromatic rings. The van der Waals surface area contributed by atoms with E-state index in [0.717, 1.165) is 12.0 Å². The van der Waals surface area contributed by atoms with Gasteiger partial charge in [0, 0.05) is 0 Å². The molecule has 0 saturated carbocycles. The third kappa shape index (κ3) is 4.45. The molecule has 1 aromatic carbocycles. The lowest BCUT2D eigenvalue weighted by molar-refractivity contribution is -0.143. The number of hydrogen-bond acceptors (Lipinski definition) is 3. The largest absolute Gasteiger partial charge is 0.373 e. The standard InChI is InChI=1S/C13H19NO2/c1-2-3-4-6-11-7-5-8-12(9-11)10-13(15)16-14/h5,7-9H,2-4,6,10,14H2,1H3. The fourth-order valence-corrected chi connectivity index (χ4v) is 1.68. The Morgan fingerprint density at radius 3 is 2.75 bits per heavy atom. The first kappa shape index (κ1) is 12.7. The van der Waals surface area contributed by atoms with Crippen molar-refractivity contribution >= 4 is 5.97 Å². The zero-order chi connectivity index (χ0) is 11.8. The molecule has 0 fully saturated rings. The molecule has 0 aliphatic heterocycles. The second-order valence-corrected chi connectivity index (χ2v) is 3.94. The van der Waals surface area contributed by atoms with Crippen LogP contribution in [0.2, 0.25) is 0 Å². The fourth-order valence-electron chi connectivity index (χ4n) is 1.68. The Labute approximate surface area is 96.6 Å². The molecule has 2 N–H and O–H groups in total. The molecule has 0 aliphatic rings. The van der Waals surface area contributed by atoms with Gasteiger partial charge in [0.05, 0.1) is 6.42 Å². The number of rotatable bonds is 6. The van der Waals surface area contributed by atoms with Crippen molar-refractivity contribution in [1.29, 1.82) is 0 Å². The summed E-state index contributed by atoms with van der Waals surface area (Å²) in [6.45, 7) is 2.19. The molecule has 0 aliphatic carbocycles. The Morgan fingerprint density at radius 2 is 2.06 bits per heavy atom. The van der Waals surface area contributed by atoms with E-state index in [4.69, 9.17) is 5.90 Å². The Balaban J connectivity index is 2.53. The molecule has 0 saturated heterocycles. The quantitative estimate of drug-likeness (QED) is 0.592. The highest BCUT2D eigenvalue weighted by Crippen LogP contribution is 2.10. The number of benzene rings is 1. The van der Waals surface area contributed by atoms with Gasteiger partial charge in [-0.25, -0.2) is 0 Å². The second-order valence-electron chi connectivity index (χ2n) is 3.94. The maximum Gasteiger partial charge on any atom is 0.328 e. The number of aryl methyl sites for hydroxylation is 1. The van der Waals surface area contributed by atoms with Crippen LogP contribution in [0.5, 0.6) is 0 Å². The Morgan fingerprint density at radius 1 is 1.31 bits per heavy atom. The highest BCUT2D eigenvalue weighted by molar-refractivity contribution is 5.72. The summed E-state index contributed by atoms with van der Waals surface area (Å²) in [6.07, 6.45) is 4.98. The van der Waals surface area contributed by atoms with Crippen LogP contribution in [0, 0.1) is 0 Å². The smallest absolute Gasteiger partial charge is 0.328 e. The number of unbranched alkanes of at least 4 members (excludes halogenated alkanes) is 2. The van der Waals surface area contributed by atoms with Crippen LogP contribution in [0.3, 0.4) is 0 Å². The van der Waals surface area contributed by atoms with E-state index in [9.17, 15) is 4.79 Å². The number of nitrogens with two attached hydrogens (primary N) is 1. The molecule has 16 heavy (non-hydrogen) atoms. The van der Waals surface area contributed by atoms with Gasteiger partial charge in [0.1, 0.15) is 0 Å². The van der Waals surface area contributed by atoms with Gasteiger partial charge in [0.2, 0.25) is 0 Å². The van der Waals surface area contributed by atoms with E-state index >= 15 is 0 Å². The predicted octanol–water partition coefficient (Wildman–Crippen LogP) is 2.38. The van der Waals surface area contributed by atoms with E-state index in [1.807, 2.05) is 18.2 Å². The molecule has 3 nitrogen and oxygen atoms in total. The summed E-state index contributed by atoms with van der Waals surface area (Å²) in [5, 5.41) is 0. The molecule has 0 aromatic heterocycles. The van der Waals surface area contributed by atoms with E-state index < -0.39 is 5.97 Å². The van der Waals surface area contributed by atoms with Gasteiger partial charge in [0.15, 0.2) is 0 Å². The molecule has 0 heterocycles. The molecule has 0 atom stereocenters. The summed E-state index contributed by atoms with van der Waals surface area (Å²) >= 11 is 0. The van der Waals surface area contributed by atoms with E-state index in [0.29, 0.717) is 0 Å². The topological polar surface area (TPSA) is 52.3 Å². The van der Waals surface area contributed by atoms with Crippen LogP contribution >= 0.6 is 0 Å².